The first-order valence-electron chi connectivity index (χ1n) is 7.87. The van der Waals surface area contributed by atoms with Crippen molar-refractivity contribution in [3.05, 3.63) is 65.0 Å². The summed E-state index contributed by atoms with van der Waals surface area (Å²) >= 11 is 1.22. The van der Waals surface area contributed by atoms with Crippen molar-refractivity contribution in [1.82, 2.24) is 0 Å². The molecular formula is C19H13F2NO3S. The second-order valence-electron chi connectivity index (χ2n) is 5.57. The van der Waals surface area contributed by atoms with Gasteiger partial charge in [0, 0.05) is 4.88 Å². The Labute approximate surface area is 152 Å². The van der Waals surface area contributed by atoms with Crippen LogP contribution in [0.3, 0.4) is 0 Å². The maximum atomic E-state index is 13.7. The summed E-state index contributed by atoms with van der Waals surface area (Å²) in [5.41, 5.74) is 0.419. The molecule has 1 amide bonds. The van der Waals surface area contributed by atoms with Gasteiger partial charge in [-0.3, -0.25) is 4.79 Å². The first-order chi connectivity index (χ1) is 12.6. The highest BCUT2D eigenvalue weighted by Gasteiger charge is 2.17. The van der Waals surface area contributed by atoms with Crippen LogP contribution in [0.25, 0.3) is 10.4 Å². The van der Waals surface area contributed by atoms with E-state index >= 15 is 0 Å². The van der Waals surface area contributed by atoms with Gasteiger partial charge in [-0.1, -0.05) is 6.07 Å². The highest BCUT2D eigenvalue weighted by Crippen LogP contribution is 2.37. The van der Waals surface area contributed by atoms with E-state index in [9.17, 15) is 13.6 Å². The lowest BCUT2D eigenvalue weighted by molar-refractivity contribution is 0.102. The van der Waals surface area contributed by atoms with Crippen molar-refractivity contribution < 1.29 is 23.0 Å². The molecule has 1 aromatic heterocycles. The Morgan fingerprint density at radius 1 is 0.962 bits per heavy atom. The van der Waals surface area contributed by atoms with Crippen LogP contribution in [0.15, 0.2) is 48.5 Å². The van der Waals surface area contributed by atoms with Crippen molar-refractivity contribution in [2.45, 2.75) is 0 Å². The van der Waals surface area contributed by atoms with E-state index in [4.69, 9.17) is 9.47 Å². The van der Waals surface area contributed by atoms with Gasteiger partial charge in [0.15, 0.2) is 11.5 Å². The fourth-order valence-electron chi connectivity index (χ4n) is 2.60. The normalized spacial score (nSPS) is 12.7. The van der Waals surface area contributed by atoms with Gasteiger partial charge >= 0.3 is 0 Å². The molecule has 4 rings (SSSR count). The molecule has 0 fully saturated rings. The minimum atomic E-state index is -0.818. The van der Waals surface area contributed by atoms with E-state index in [-0.39, 0.29) is 0 Å². The monoisotopic (exact) mass is 373 g/mol. The smallest absolute Gasteiger partial charge is 0.265 e. The molecular weight excluding hydrogens is 360 g/mol. The molecule has 0 saturated heterocycles. The lowest BCUT2D eigenvalue weighted by Gasteiger charge is -2.18. The van der Waals surface area contributed by atoms with Crippen LogP contribution >= 0.6 is 11.3 Å². The SMILES string of the molecule is O=C(Nc1c(F)cccc1F)c1ccc(-c2ccc3c(c2)OCCO3)s1. The van der Waals surface area contributed by atoms with Gasteiger partial charge in [0.05, 0.1) is 4.88 Å². The van der Waals surface area contributed by atoms with E-state index in [0.29, 0.717) is 29.6 Å². The van der Waals surface area contributed by atoms with Crippen molar-refractivity contribution in [2.24, 2.45) is 0 Å². The van der Waals surface area contributed by atoms with Crippen LogP contribution in [-0.2, 0) is 0 Å². The molecule has 4 nitrogen and oxygen atoms in total. The van der Waals surface area contributed by atoms with Crippen LogP contribution in [0.4, 0.5) is 14.5 Å². The Morgan fingerprint density at radius 3 is 2.46 bits per heavy atom. The maximum absolute atomic E-state index is 13.7. The molecule has 1 aliphatic rings. The number of para-hydroxylation sites is 1. The summed E-state index contributed by atoms with van der Waals surface area (Å²) in [6.07, 6.45) is 0. The summed E-state index contributed by atoms with van der Waals surface area (Å²) in [7, 11) is 0. The summed E-state index contributed by atoms with van der Waals surface area (Å²) in [6.45, 7) is 1.00. The van der Waals surface area contributed by atoms with Gasteiger partial charge in [0.2, 0.25) is 0 Å². The molecule has 2 aromatic carbocycles. The standard InChI is InChI=1S/C19H13F2NO3S/c20-12-2-1-3-13(21)18(12)22-19(23)17-7-6-16(26-17)11-4-5-14-15(10-11)25-9-8-24-14/h1-7,10H,8-9H2,(H,22,23). The number of amides is 1. The van der Waals surface area contributed by atoms with E-state index in [0.717, 1.165) is 22.6 Å². The van der Waals surface area contributed by atoms with Crippen LogP contribution in [0.1, 0.15) is 9.67 Å². The second kappa shape index (κ2) is 6.76. The topological polar surface area (TPSA) is 47.6 Å². The first-order valence-corrected chi connectivity index (χ1v) is 8.69. The zero-order valence-electron chi connectivity index (χ0n) is 13.4. The summed E-state index contributed by atoms with van der Waals surface area (Å²) in [5.74, 6) is -0.863. The average molecular weight is 373 g/mol. The highest BCUT2D eigenvalue weighted by molar-refractivity contribution is 7.17. The van der Waals surface area contributed by atoms with E-state index in [2.05, 4.69) is 5.32 Å². The highest BCUT2D eigenvalue weighted by atomic mass is 32.1. The molecule has 0 spiro atoms. The molecule has 3 aromatic rings. The van der Waals surface area contributed by atoms with Crippen molar-refractivity contribution >= 4 is 22.9 Å². The molecule has 1 N–H and O–H groups in total. The number of halogens is 2. The second-order valence-corrected chi connectivity index (χ2v) is 6.66. The van der Waals surface area contributed by atoms with Crippen LogP contribution in [0.2, 0.25) is 0 Å². The van der Waals surface area contributed by atoms with E-state index in [1.165, 1.54) is 17.4 Å². The van der Waals surface area contributed by atoms with Gasteiger partial charge in [-0.15, -0.1) is 11.3 Å². The third-order valence-corrected chi connectivity index (χ3v) is 4.99. The Kier molecular flexibility index (Phi) is 4.30. The molecule has 2 heterocycles. The lowest BCUT2D eigenvalue weighted by atomic mass is 10.1. The van der Waals surface area contributed by atoms with E-state index in [1.54, 1.807) is 12.1 Å². The number of ether oxygens (including phenoxy) is 2. The summed E-state index contributed by atoms with van der Waals surface area (Å²) in [6, 6.07) is 12.4. The minimum Gasteiger partial charge on any atom is -0.486 e. The molecule has 0 aliphatic carbocycles. The zero-order valence-corrected chi connectivity index (χ0v) is 14.2. The van der Waals surface area contributed by atoms with Gasteiger partial charge in [-0.05, 0) is 48.0 Å². The molecule has 1 aliphatic heterocycles. The summed E-state index contributed by atoms with van der Waals surface area (Å²) in [4.78, 5) is 13.5. The van der Waals surface area contributed by atoms with Gasteiger partial charge in [-0.2, -0.15) is 0 Å². The van der Waals surface area contributed by atoms with Crippen LogP contribution in [-0.4, -0.2) is 19.1 Å². The average Bonchev–Trinajstić information content (AvgIpc) is 3.15. The number of rotatable bonds is 3. The Balaban J connectivity index is 1.57. The number of thiophene rings is 1. The number of nitrogens with one attached hydrogen (secondary N) is 1. The van der Waals surface area contributed by atoms with Gasteiger partial charge < -0.3 is 14.8 Å². The summed E-state index contributed by atoms with van der Waals surface area (Å²) < 4.78 is 38.4. The Hall–Kier alpha value is -2.93. The number of benzene rings is 2. The molecule has 26 heavy (non-hydrogen) atoms. The fourth-order valence-corrected chi connectivity index (χ4v) is 3.50. The zero-order chi connectivity index (χ0) is 18.1. The third kappa shape index (κ3) is 3.13. The quantitative estimate of drug-likeness (QED) is 0.723. The number of carbonyl (C=O) groups is 1. The third-order valence-electron chi connectivity index (χ3n) is 3.86. The minimum absolute atomic E-state index is 0.345. The first kappa shape index (κ1) is 16.5. The molecule has 7 heteroatoms. The molecule has 0 radical (unpaired) electrons. The number of carbonyl (C=O) groups excluding carboxylic acids is 1. The molecule has 0 saturated carbocycles. The van der Waals surface area contributed by atoms with Crippen LogP contribution in [0.5, 0.6) is 11.5 Å². The molecule has 132 valence electrons. The fraction of sp³-hybridized carbons (Fsp3) is 0.105. The summed E-state index contributed by atoms with van der Waals surface area (Å²) in [5, 5.41) is 2.29. The number of hydrogen-bond donors (Lipinski definition) is 1. The largest absolute Gasteiger partial charge is 0.486 e. The Bertz CT molecular complexity index is 966. The molecule has 0 unspecified atom stereocenters. The van der Waals surface area contributed by atoms with Crippen molar-refractivity contribution in [1.29, 1.82) is 0 Å². The van der Waals surface area contributed by atoms with E-state index in [1.807, 2.05) is 18.2 Å². The predicted octanol–water partition coefficient (Wildman–Crippen LogP) is 4.72. The molecule has 0 bridgehead atoms. The van der Waals surface area contributed by atoms with E-state index < -0.39 is 23.2 Å². The van der Waals surface area contributed by atoms with Crippen molar-refractivity contribution in [3.8, 4) is 21.9 Å². The van der Waals surface area contributed by atoms with Crippen LogP contribution < -0.4 is 14.8 Å². The van der Waals surface area contributed by atoms with Gasteiger partial charge in [0.1, 0.15) is 30.5 Å². The Morgan fingerprint density at radius 2 is 1.69 bits per heavy atom. The van der Waals surface area contributed by atoms with Crippen LogP contribution in [0, 0.1) is 11.6 Å². The molecule has 0 atom stereocenters. The predicted molar refractivity (Wildman–Crippen MR) is 95.1 cm³/mol. The lowest BCUT2D eigenvalue weighted by Crippen LogP contribution is -2.15. The number of hydrogen-bond acceptors (Lipinski definition) is 4. The van der Waals surface area contributed by atoms with Crippen molar-refractivity contribution in [3.63, 3.8) is 0 Å². The van der Waals surface area contributed by atoms with Crippen molar-refractivity contribution in [2.75, 3.05) is 18.5 Å². The number of fused-ring (bicyclic) bond motifs is 1. The van der Waals surface area contributed by atoms with Gasteiger partial charge in [0.25, 0.3) is 5.91 Å². The van der Waals surface area contributed by atoms with Gasteiger partial charge in [-0.25, -0.2) is 8.78 Å². The number of anilines is 1. The maximum Gasteiger partial charge on any atom is 0.265 e.